The summed E-state index contributed by atoms with van der Waals surface area (Å²) in [5.41, 5.74) is 1.66. The van der Waals surface area contributed by atoms with Crippen LogP contribution in [0.25, 0.3) is 10.8 Å². The highest BCUT2D eigenvalue weighted by molar-refractivity contribution is 7.90. The topological polar surface area (TPSA) is 193 Å². The van der Waals surface area contributed by atoms with Crippen LogP contribution in [0.15, 0.2) is 90.0 Å². The Morgan fingerprint density at radius 3 is 2.18 bits per heavy atom. The number of fused-ring (bicyclic) bond motifs is 1. The molecule has 0 unspecified atom stereocenters. The first-order valence-electron chi connectivity index (χ1n) is 17.8. The number of anilines is 4. The number of carbonyl (C=O) groups is 2. The molecule has 0 saturated carbocycles. The molecule has 0 atom stereocenters. The molecule has 5 aromatic rings. The smallest absolute Gasteiger partial charge is 0.329 e. The maximum absolute atomic E-state index is 13.5. The molecule has 5 rings (SSSR count). The number of aliphatic carboxylic acids is 1. The van der Waals surface area contributed by atoms with Crippen LogP contribution in [-0.4, -0.2) is 84.0 Å². The van der Waals surface area contributed by atoms with E-state index in [0.717, 1.165) is 11.6 Å². The van der Waals surface area contributed by atoms with E-state index in [-0.39, 0.29) is 49.4 Å². The van der Waals surface area contributed by atoms with Gasteiger partial charge in [-0.15, -0.1) is 0 Å². The first kappa shape index (κ1) is 42.1. The van der Waals surface area contributed by atoms with Crippen LogP contribution in [0.2, 0.25) is 0 Å². The van der Waals surface area contributed by atoms with E-state index in [0.29, 0.717) is 51.1 Å². The summed E-state index contributed by atoms with van der Waals surface area (Å²) in [7, 11) is -0.777. The Kier molecular flexibility index (Phi) is 13.8. The molecule has 15 nitrogen and oxygen atoms in total. The van der Waals surface area contributed by atoms with Gasteiger partial charge in [-0.05, 0) is 41.3 Å². The van der Waals surface area contributed by atoms with E-state index in [1.807, 2.05) is 45.0 Å². The zero-order valence-electron chi connectivity index (χ0n) is 32.5. The summed E-state index contributed by atoms with van der Waals surface area (Å²) in [6, 6.07) is 22.3. The van der Waals surface area contributed by atoms with E-state index in [1.165, 1.54) is 7.11 Å². The van der Waals surface area contributed by atoms with Crippen LogP contribution in [-0.2, 0) is 29.5 Å². The number of benzene rings is 4. The molecule has 57 heavy (non-hydrogen) atoms. The molecule has 4 aromatic carbocycles. The van der Waals surface area contributed by atoms with Crippen molar-refractivity contribution in [2.45, 2.75) is 31.1 Å². The van der Waals surface area contributed by atoms with E-state index in [4.69, 9.17) is 33.5 Å². The number of hydrogen-bond donors (Lipinski definition) is 4. The summed E-state index contributed by atoms with van der Waals surface area (Å²) in [5, 5.41) is 19.0. The molecule has 0 bridgehead atoms. The molecule has 1 aromatic heterocycles. The van der Waals surface area contributed by atoms with Gasteiger partial charge in [-0.2, -0.15) is 0 Å². The zero-order valence-corrected chi connectivity index (χ0v) is 33.3. The van der Waals surface area contributed by atoms with E-state index in [9.17, 15) is 18.0 Å². The van der Waals surface area contributed by atoms with Gasteiger partial charge in [-0.1, -0.05) is 45.0 Å². The van der Waals surface area contributed by atoms with Crippen molar-refractivity contribution in [2.24, 2.45) is 0 Å². The maximum Gasteiger partial charge on any atom is 0.329 e. The van der Waals surface area contributed by atoms with Crippen molar-refractivity contribution in [1.82, 2.24) is 4.98 Å². The molecule has 0 spiro atoms. The quantitative estimate of drug-likeness (QED) is 0.0633. The highest BCUT2D eigenvalue weighted by Gasteiger charge is 2.25. The standard InChI is InChI=1S/C41H46N4O11S/c1-41(2,3)26-19-34(39(52-5)36(20-26)57(6,49)50)45-40(48)44-33-11-12-35(32-10-8-7-9-31(32)33)56-28-13-14-42-37(24-28)43-27-21-29(51-4)23-30(22-27)55-18-17-53-15-16-54-25-38(46)47/h7-14,19-24H,15-18,25H2,1-6H3,(H,42,43)(H,46,47)(H2,44,45,48). The van der Waals surface area contributed by atoms with Gasteiger partial charge in [0.2, 0.25) is 0 Å². The number of amides is 2. The first-order chi connectivity index (χ1) is 27.1. The molecule has 0 fully saturated rings. The van der Waals surface area contributed by atoms with Crippen molar-refractivity contribution in [3.8, 4) is 28.7 Å². The van der Waals surface area contributed by atoms with Crippen molar-refractivity contribution < 1.29 is 51.5 Å². The lowest BCUT2D eigenvalue weighted by atomic mass is 9.86. The Morgan fingerprint density at radius 2 is 1.47 bits per heavy atom. The lowest BCUT2D eigenvalue weighted by Gasteiger charge is -2.23. The van der Waals surface area contributed by atoms with Crippen LogP contribution < -0.4 is 34.9 Å². The normalized spacial score (nSPS) is 11.5. The van der Waals surface area contributed by atoms with Crippen molar-refractivity contribution in [3.63, 3.8) is 0 Å². The fourth-order valence-electron chi connectivity index (χ4n) is 5.62. The van der Waals surface area contributed by atoms with Crippen LogP contribution in [0.4, 0.5) is 27.7 Å². The highest BCUT2D eigenvalue weighted by atomic mass is 32.2. The van der Waals surface area contributed by atoms with Gasteiger partial charge < -0.3 is 49.5 Å². The third-order valence-electron chi connectivity index (χ3n) is 8.35. The van der Waals surface area contributed by atoms with Gasteiger partial charge >= 0.3 is 12.0 Å². The minimum atomic E-state index is -3.68. The zero-order chi connectivity index (χ0) is 41.2. The molecular weight excluding hydrogens is 757 g/mol. The van der Waals surface area contributed by atoms with E-state index < -0.39 is 27.3 Å². The van der Waals surface area contributed by atoms with Crippen LogP contribution in [0.1, 0.15) is 26.3 Å². The number of sulfone groups is 1. The first-order valence-corrected chi connectivity index (χ1v) is 19.7. The minimum absolute atomic E-state index is 0.0190. The molecule has 0 radical (unpaired) electrons. The second kappa shape index (κ2) is 18.7. The Labute approximate surface area is 331 Å². The average Bonchev–Trinajstić information content (AvgIpc) is 3.15. The lowest BCUT2D eigenvalue weighted by molar-refractivity contribution is -0.142. The molecule has 0 saturated heterocycles. The fourth-order valence-corrected chi connectivity index (χ4v) is 6.49. The molecule has 302 valence electrons. The van der Waals surface area contributed by atoms with E-state index in [2.05, 4.69) is 20.9 Å². The lowest BCUT2D eigenvalue weighted by Crippen LogP contribution is -2.22. The van der Waals surface area contributed by atoms with Gasteiger partial charge in [0.15, 0.2) is 15.6 Å². The fraction of sp³-hybridized carbons (Fsp3) is 0.293. The Morgan fingerprint density at radius 1 is 0.772 bits per heavy atom. The van der Waals surface area contributed by atoms with Gasteiger partial charge in [0.1, 0.15) is 46.9 Å². The minimum Gasteiger partial charge on any atom is -0.497 e. The largest absolute Gasteiger partial charge is 0.497 e. The Hall–Kier alpha value is -6.10. The van der Waals surface area contributed by atoms with Gasteiger partial charge in [0, 0.05) is 53.2 Å². The molecule has 4 N–H and O–H groups in total. The molecule has 16 heteroatoms. The van der Waals surface area contributed by atoms with Crippen LogP contribution >= 0.6 is 0 Å². The number of urea groups is 1. The number of rotatable bonds is 18. The molecule has 2 amide bonds. The summed E-state index contributed by atoms with van der Waals surface area (Å²) in [5.74, 6) is 1.59. The maximum atomic E-state index is 13.5. The Balaban J connectivity index is 1.28. The summed E-state index contributed by atoms with van der Waals surface area (Å²) in [4.78, 5) is 28.4. The van der Waals surface area contributed by atoms with Gasteiger partial charge in [0.05, 0.1) is 45.4 Å². The second-order valence-corrected chi connectivity index (χ2v) is 15.7. The number of aromatic nitrogens is 1. The van der Waals surface area contributed by atoms with Crippen LogP contribution in [0.3, 0.4) is 0 Å². The number of ether oxygens (including phenoxy) is 6. The van der Waals surface area contributed by atoms with Gasteiger partial charge in [0.25, 0.3) is 0 Å². The van der Waals surface area contributed by atoms with Gasteiger partial charge in [-0.3, -0.25) is 0 Å². The average molecular weight is 803 g/mol. The van der Waals surface area contributed by atoms with Crippen molar-refractivity contribution in [2.75, 3.05) is 69.5 Å². The predicted molar refractivity (Wildman–Crippen MR) is 217 cm³/mol. The molecule has 0 aliphatic heterocycles. The van der Waals surface area contributed by atoms with Crippen LogP contribution in [0, 0.1) is 0 Å². The number of nitrogens with one attached hydrogen (secondary N) is 3. The third-order valence-corrected chi connectivity index (χ3v) is 9.45. The summed E-state index contributed by atoms with van der Waals surface area (Å²) >= 11 is 0. The second-order valence-electron chi connectivity index (χ2n) is 13.7. The molecule has 1 heterocycles. The molecule has 0 aliphatic rings. The van der Waals surface area contributed by atoms with Crippen molar-refractivity contribution in [1.29, 1.82) is 0 Å². The SMILES string of the molecule is COc1cc(Nc2cc(Oc3ccc(NC(=O)Nc4cc(C(C)(C)C)cc(S(C)(=O)=O)c4OC)c4ccccc34)ccn2)cc(OCCOCCOCC(=O)O)c1. The third kappa shape index (κ3) is 11.7. The number of carbonyl (C=O) groups excluding carboxylic acids is 1. The number of pyridine rings is 1. The van der Waals surface area contributed by atoms with Crippen molar-refractivity contribution in [3.05, 3.63) is 90.6 Å². The summed E-state index contributed by atoms with van der Waals surface area (Å²) < 4.78 is 58.9. The van der Waals surface area contributed by atoms with Crippen molar-refractivity contribution >= 4 is 55.5 Å². The van der Waals surface area contributed by atoms with Crippen LogP contribution in [0.5, 0.6) is 28.7 Å². The number of hydrogen-bond acceptors (Lipinski definition) is 12. The number of carboxylic acids is 1. The highest BCUT2D eigenvalue weighted by Crippen LogP contribution is 2.39. The van der Waals surface area contributed by atoms with Gasteiger partial charge in [-0.25, -0.2) is 23.0 Å². The monoisotopic (exact) mass is 802 g/mol. The molecular formula is C41H46N4O11S. The summed E-state index contributed by atoms with van der Waals surface area (Å²) in [6.07, 6.45) is 2.70. The predicted octanol–water partition coefficient (Wildman–Crippen LogP) is 7.63. The van der Waals surface area contributed by atoms with E-state index >= 15 is 0 Å². The molecule has 0 aliphatic carbocycles. The Bertz CT molecular complexity index is 2330. The van der Waals surface area contributed by atoms with E-state index in [1.54, 1.807) is 67.9 Å². The number of methoxy groups -OCH3 is 2. The number of nitrogens with zero attached hydrogens (tertiary/aromatic N) is 1. The number of carboxylic acid groups (broad SMARTS) is 1. The summed E-state index contributed by atoms with van der Waals surface area (Å²) in [6.45, 7) is 6.38.